The van der Waals surface area contributed by atoms with Gasteiger partial charge in [-0.15, -0.1) is 0 Å². The van der Waals surface area contributed by atoms with Crippen LogP contribution >= 0.6 is 22.6 Å². The molecule has 0 aromatic heterocycles. The van der Waals surface area contributed by atoms with E-state index in [1.165, 1.54) is 24.3 Å². The second kappa shape index (κ2) is 8.79. The van der Waals surface area contributed by atoms with Gasteiger partial charge in [0.05, 0.1) is 11.1 Å². The third-order valence-electron chi connectivity index (χ3n) is 4.75. The molecule has 1 heterocycles. The lowest BCUT2D eigenvalue weighted by atomic mass is 9.93. The largest absolute Gasteiger partial charge is 0.460 e. The van der Waals surface area contributed by atoms with Crippen molar-refractivity contribution < 1.29 is 66.7 Å². The van der Waals surface area contributed by atoms with E-state index in [0.29, 0.717) is 4.90 Å². The van der Waals surface area contributed by atoms with Gasteiger partial charge in [-0.1, -0.05) is 12.1 Å². The van der Waals surface area contributed by atoms with Crippen molar-refractivity contribution in [2.75, 3.05) is 6.54 Å². The van der Waals surface area contributed by atoms with E-state index in [0.717, 1.165) is 22.6 Å². The zero-order chi connectivity index (χ0) is 27.4. The Morgan fingerprint density at radius 3 is 1.51 bits per heavy atom. The molecule has 0 bridgehead atoms. The number of amides is 2. The second-order valence-corrected chi connectivity index (χ2v) is 8.45. The fourth-order valence-electron chi connectivity index (χ4n) is 2.80. The van der Waals surface area contributed by atoms with Crippen LogP contribution in [0.25, 0.3) is 0 Å². The summed E-state index contributed by atoms with van der Waals surface area (Å²) in [5, 5.41) is 0. The average molecular weight is 645 g/mol. The summed E-state index contributed by atoms with van der Waals surface area (Å²) < 4.78 is 170. The number of halogens is 14. The maximum atomic E-state index is 13.9. The van der Waals surface area contributed by atoms with Crippen molar-refractivity contribution in [2.24, 2.45) is 0 Å². The zero-order valence-electron chi connectivity index (χ0n) is 16.4. The molecule has 0 unspecified atom stereocenters. The number of hydrogen-bond donors (Lipinski definition) is 0. The van der Waals surface area contributed by atoms with E-state index in [1.54, 1.807) is 0 Å². The number of imide groups is 1. The van der Waals surface area contributed by atoms with Crippen LogP contribution in [0.5, 0.6) is 0 Å². The number of benzene rings is 1. The summed E-state index contributed by atoms with van der Waals surface area (Å²) in [6.45, 7) is -0.776. The van der Waals surface area contributed by atoms with Gasteiger partial charge in [0.2, 0.25) is 0 Å². The Kier molecular flexibility index (Phi) is 7.32. The highest BCUT2D eigenvalue weighted by Gasteiger charge is 2.90. The molecule has 0 saturated carbocycles. The van der Waals surface area contributed by atoms with Crippen LogP contribution in [0.3, 0.4) is 0 Å². The maximum absolute atomic E-state index is 13.9. The summed E-state index contributed by atoms with van der Waals surface area (Å²) in [6.07, 6.45) is -9.44. The number of fused-ring (bicyclic) bond motifs is 1. The van der Waals surface area contributed by atoms with Gasteiger partial charge in [-0.2, -0.15) is 57.1 Å². The number of carbonyl (C=O) groups is 2. The molecule has 1 aliphatic rings. The topological polar surface area (TPSA) is 37.4 Å². The van der Waals surface area contributed by atoms with E-state index in [9.17, 15) is 66.7 Å². The molecule has 0 atom stereocenters. The van der Waals surface area contributed by atoms with Crippen LogP contribution < -0.4 is 0 Å². The van der Waals surface area contributed by atoms with E-state index in [1.807, 2.05) is 0 Å². The van der Waals surface area contributed by atoms with Crippen LogP contribution in [0.1, 0.15) is 27.1 Å². The van der Waals surface area contributed by atoms with Gasteiger partial charge in [-0.05, 0) is 44.7 Å². The molecule has 3 nitrogen and oxygen atoms in total. The van der Waals surface area contributed by atoms with Crippen molar-refractivity contribution in [3.05, 3.63) is 45.0 Å². The van der Waals surface area contributed by atoms with E-state index >= 15 is 0 Å². The predicted molar refractivity (Wildman–Crippen MR) is 99.3 cm³/mol. The van der Waals surface area contributed by atoms with Crippen molar-refractivity contribution in [3.8, 4) is 0 Å². The van der Waals surface area contributed by atoms with Crippen molar-refractivity contribution in [1.82, 2.24) is 4.90 Å². The SMILES string of the molecule is O=C1c2ccccc2C(=O)N1CC/C(I)=C\C(F)(F)C(F)(F)C(F)(F)C(F)(F)C(F)(F)C(F)(F)F. The molecule has 0 aliphatic carbocycles. The summed E-state index contributed by atoms with van der Waals surface area (Å²) in [7, 11) is 0. The number of nitrogens with zero attached hydrogens (tertiary/aromatic N) is 1. The molecule has 17 heteroatoms. The van der Waals surface area contributed by atoms with Gasteiger partial charge >= 0.3 is 35.8 Å². The van der Waals surface area contributed by atoms with E-state index in [4.69, 9.17) is 0 Å². The molecule has 0 saturated heterocycles. The van der Waals surface area contributed by atoms with Crippen molar-refractivity contribution in [1.29, 1.82) is 0 Å². The Bertz CT molecular complexity index is 1010. The molecule has 1 aromatic rings. The third kappa shape index (κ3) is 4.47. The standard InChI is InChI=1S/C18H9F13INO2/c19-13(20,14(21,22)15(23,24)16(25,26)17(27,28)18(29,30)31)7-8(32)5-6-33-11(34)9-3-1-2-4-10(9)12(33)35/h1-4,7H,5-6H2/b8-7+. The van der Waals surface area contributed by atoms with Crippen LogP contribution in [-0.2, 0) is 0 Å². The molecule has 2 rings (SSSR count). The Hall–Kier alpha value is -2.08. The molecule has 35 heavy (non-hydrogen) atoms. The monoisotopic (exact) mass is 645 g/mol. The second-order valence-electron chi connectivity index (χ2n) is 7.07. The van der Waals surface area contributed by atoms with E-state index < -0.39 is 70.2 Å². The highest BCUT2D eigenvalue weighted by Crippen LogP contribution is 2.60. The summed E-state index contributed by atoms with van der Waals surface area (Å²) >= 11 is 0.823. The summed E-state index contributed by atoms with van der Waals surface area (Å²) in [5.74, 6) is -39.3. The van der Waals surface area contributed by atoms with Gasteiger partial charge in [0.1, 0.15) is 0 Å². The highest BCUT2D eigenvalue weighted by molar-refractivity contribution is 14.1. The molecule has 196 valence electrons. The quantitative estimate of drug-likeness (QED) is 0.179. The molecule has 0 spiro atoms. The van der Waals surface area contributed by atoms with Gasteiger partial charge in [0, 0.05) is 12.6 Å². The van der Waals surface area contributed by atoms with Crippen LogP contribution in [0.4, 0.5) is 57.1 Å². The summed E-state index contributed by atoms with van der Waals surface area (Å²) in [5.41, 5.74) is -0.193. The number of rotatable bonds is 8. The van der Waals surface area contributed by atoms with Crippen LogP contribution in [0, 0.1) is 0 Å². The minimum atomic E-state index is -7.98. The first kappa shape index (κ1) is 29.2. The molecule has 2 amide bonds. The maximum Gasteiger partial charge on any atom is 0.460 e. The normalized spacial score (nSPS) is 16.7. The zero-order valence-corrected chi connectivity index (χ0v) is 18.5. The summed E-state index contributed by atoms with van der Waals surface area (Å²) in [6, 6.07) is 5.20. The van der Waals surface area contributed by atoms with Gasteiger partial charge < -0.3 is 0 Å². The smallest absolute Gasteiger partial charge is 0.274 e. The first-order valence-corrected chi connectivity index (χ1v) is 9.90. The van der Waals surface area contributed by atoms with Crippen molar-refractivity contribution >= 4 is 34.4 Å². The van der Waals surface area contributed by atoms with Gasteiger partial charge in [0.15, 0.2) is 0 Å². The number of hydrogen-bond acceptors (Lipinski definition) is 2. The Morgan fingerprint density at radius 2 is 1.11 bits per heavy atom. The van der Waals surface area contributed by atoms with Gasteiger partial charge in [-0.25, -0.2) is 0 Å². The highest BCUT2D eigenvalue weighted by atomic mass is 127. The van der Waals surface area contributed by atoms with Crippen LogP contribution in [0.15, 0.2) is 33.9 Å². The molecule has 0 N–H and O–H groups in total. The fourth-order valence-corrected chi connectivity index (χ4v) is 3.43. The Labute approximate surface area is 200 Å². The molecule has 0 fully saturated rings. The summed E-state index contributed by atoms with van der Waals surface area (Å²) in [4.78, 5) is 24.8. The molecule has 1 aliphatic heterocycles. The first-order chi connectivity index (χ1) is 15.5. The van der Waals surface area contributed by atoms with Crippen molar-refractivity contribution in [3.63, 3.8) is 0 Å². The number of allylic oxidation sites excluding steroid dienone is 1. The van der Waals surface area contributed by atoms with E-state index in [-0.39, 0.29) is 11.1 Å². The predicted octanol–water partition coefficient (Wildman–Crippen LogP) is 6.73. The molecular weight excluding hydrogens is 636 g/mol. The Balaban J connectivity index is 2.29. The van der Waals surface area contributed by atoms with Crippen LogP contribution in [-0.4, -0.2) is 59.0 Å². The minimum Gasteiger partial charge on any atom is -0.274 e. The lowest BCUT2D eigenvalue weighted by Gasteiger charge is -2.39. The third-order valence-corrected chi connectivity index (χ3v) is 5.60. The molecule has 0 radical (unpaired) electrons. The average Bonchev–Trinajstić information content (AvgIpc) is 2.95. The fraction of sp³-hybridized carbons (Fsp3) is 0.444. The molecular formula is C18H9F13INO2. The van der Waals surface area contributed by atoms with Gasteiger partial charge in [-0.3, -0.25) is 14.5 Å². The van der Waals surface area contributed by atoms with Crippen LogP contribution in [0.2, 0.25) is 0 Å². The number of alkyl halides is 13. The minimum absolute atomic E-state index is 0.0965. The molecule has 1 aromatic carbocycles. The van der Waals surface area contributed by atoms with Gasteiger partial charge in [0.25, 0.3) is 11.8 Å². The number of carbonyl (C=O) groups excluding carboxylic acids is 2. The Morgan fingerprint density at radius 1 is 0.714 bits per heavy atom. The lowest BCUT2D eigenvalue weighted by Crippen LogP contribution is -2.69. The van der Waals surface area contributed by atoms with Crippen molar-refractivity contribution in [2.45, 2.75) is 42.2 Å². The lowest BCUT2D eigenvalue weighted by molar-refractivity contribution is -0.436. The van der Waals surface area contributed by atoms with E-state index in [2.05, 4.69) is 0 Å². The first-order valence-electron chi connectivity index (χ1n) is 8.83.